The molecule has 1 atom stereocenters. The van der Waals surface area contributed by atoms with Gasteiger partial charge in [-0.15, -0.1) is 0 Å². The highest BCUT2D eigenvalue weighted by Crippen LogP contribution is 2.34. The van der Waals surface area contributed by atoms with E-state index in [1.807, 2.05) is 30.5 Å². The Balaban J connectivity index is 2.16. The van der Waals surface area contributed by atoms with Crippen LogP contribution in [0.2, 0.25) is 0 Å². The first-order valence-electron chi connectivity index (χ1n) is 5.93. The molecule has 1 aliphatic rings. The number of nitrogens with zero attached hydrogens (tertiary/aromatic N) is 1. The van der Waals surface area contributed by atoms with Gasteiger partial charge in [0.15, 0.2) is 0 Å². The Hall–Kier alpha value is -1.45. The fourth-order valence-electron chi connectivity index (χ4n) is 2.52. The Morgan fingerprint density at radius 3 is 3.06 bits per heavy atom. The van der Waals surface area contributed by atoms with Gasteiger partial charge in [0.25, 0.3) is 0 Å². The second-order valence-electron chi connectivity index (χ2n) is 4.59. The summed E-state index contributed by atoms with van der Waals surface area (Å²) in [5, 5.41) is 12.8. The summed E-state index contributed by atoms with van der Waals surface area (Å²) in [7, 11) is 0. The lowest BCUT2D eigenvalue weighted by atomic mass is 9.86. The van der Waals surface area contributed by atoms with Crippen LogP contribution in [0.1, 0.15) is 18.4 Å². The normalized spacial score (nSPS) is 25.0. The predicted molar refractivity (Wildman–Crippen MR) is 65.7 cm³/mol. The molecule has 3 heteroatoms. The number of hydrogen-bond donors (Lipinski definition) is 1. The molecule has 1 aromatic carbocycles. The van der Waals surface area contributed by atoms with Crippen molar-refractivity contribution in [1.29, 1.82) is 0 Å². The molecule has 1 unspecified atom stereocenters. The van der Waals surface area contributed by atoms with Crippen LogP contribution in [0.4, 0.5) is 0 Å². The number of fused-ring (bicyclic) bond motifs is 1. The quantitative estimate of drug-likeness (QED) is 0.815. The molecule has 3 nitrogen and oxygen atoms in total. The SMILES string of the molecule is OC1(c2cccc3cnccc23)CCCOC1. The van der Waals surface area contributed by atoms with Gasteiger partial charge in [-0.05, 0) is 29.9 Å². The monoisotopic (exact) mass is 229 g/mol. The topological polar surface area (TPSA) is 42.4 Å². The molecule has 1 N–H and O–H groups in total. The Morgan fingerprint density at radius 1 is 1.29 bits per heavy atom. The van der Waals surface area contributed by atoms with E-state index in [1.54, 1.807) is 6.20 Å². The Kier molecular flexibility index (Phi) is 2.57. The van der Waals surface area contributed by atoms with E-state index >= 15 is 0 Å². The molecule has 2 aromatic rings. The van der Waals surface area contributed by atoms with Gasteiger partial charge in [-0.25, -0.2) is 0 Å². The van der Waals surface area contributed by atoms with Crippen molar-refractivity contribution in [3.63, 3.8) is 0 Å². The molecule has 0 aliphatic carbocycles. The second kappa shape index (κ2) is 4.09. The van der Waals surface area contributed by atoms with Crippen LogP contribution in [-0.2, 0) is 10.3 Å². The minimum atomic E-state index is -0.848. The molecule has 1 aromatic heterocycles. The van der Waals surface area contributed by atoms with E-state index in [2.05, 4.69) is 4.98 Å². The lowest BCUT2D eigenvalue weighted by Crippen LogP contribution is -2.35. The molecule has 1 fully saturated rings. The molecule has 0 bridgehead atoms. The average Bonchev–Trinajstić information content (AvgIpc) is 2.39. The van der Waals surface area contributed by atoms with Gasteiger partial charge in [-0.3, -0.25) is 4.98 Å². The Morgan fingerprint density at radius 2 is 2.24 bits per heavy atom. The Bertz CT molecular complexity index is 527. The van der Waals surface area contributed by atoms with E-state index < -0.39 is 5.60 Å². The van der Waals surface area contributed by atoms with Crippen molar-refractivity contribution in [3.8, 4) is 0 Å². The first kappa shape index (κ1) is 10.7. The summed E-state index contributed by atoms with van der Waals surface area (Å²) in [6, 6.07) is 7.92. The maximum absolute atomic E-state index is 10.7. The first-order chi connectivity index (χ1) is 8.30. The molecule has 17 heavy (non-hydrogen) atoms. The molecular weight excluding hydrogens is 214 g/mol. The van der Waals surface area contributed by atoms with Gasteiger partial charge in [-0.1, -0.05) is 18.2 Å². The van der Waals surface area contributed by atoms with Crippen molar-refractivity contribution in [3.05, 3.63) is 42.2 Å². The van der Waals surface area contributed by atoms with Gasteiger partial charge in [0.1, 0.15) is 5.60 Å². The van der Waals surface area contributed by atoms with Crippen LogP contribution in [-0.4, -0.2) is 23.3 Å². The highest BCUT2D eigenvalue weighted by molar-refractivity contribution is 5.85. The van der Waals surface area contributed by atoms with E-state index in [9.17, 15) is 5.11 Å². The predicted octanol–water partition coefficient (Wildman–Crippen LogP) is 2.23. The number of ether oxygens (including phenoxy) is 1. The minimum absolute atomic E-state index is 0.383. The van der Waals surface area contributed by atoms with Crippen LogP contribution in [0.3, 0.4) is 0 Å². The molecule has 0 amide bonds. The summed E-state index contributed by atoms with van der Waals surface area (Å²) in [4.78, 5) is 4.11. The van der Waals surface area contributed by atoms with E-state index in [4.69, 9.17) is 4.74 Å². The summed E-state index contributed by atoms with van der Waals surface area (Å²) in [5.74, 6) is 0. The van der Waals surface area contributed by atoms with E-state index in [0.717, 1.165) is 35.8 Å². The first-order valence-corrected chi connectivity index (χ1v) is 5.93. The van der Waals surface area contributed by atoms with Gasteiger partial charge < -0.3 is 9.84 Å². The van der Waals surface area contributed by atoms with Gasteiger partial charge in [0.05, 0.1) is 6.61 Å². The van der Waals surface area contributed by atoms with E-state index in [0.29, 0.717) is 6.61 Å². The molecule has 0 radical (unpaired) electrons. The van der Waals surface area contributed by atoms with Gasteiger partial charge in [0.2, 0.25) is 0 Å². The van der Waals surface area contributed by atoms with Crippen molar-refractivity contribution < 1.29 is 9.84 Å². The molecule has 1 aliphatic heterocycles. The summed E-state index contributed by atoms with van der Waals surface area (Å²) in [5.41, 5.74) is 0.108. The second-order valence-corrected chi connectivity index (χ2v) is 4.59. The maximum atomic E-state index is 10.7. The summed E-state index contributed by atoms with van der Waals surface area (Å²) in [6.07, 6.45) is 5.25. The molecule has 0 spiro atoms. The highest BCUT2D eigenvalue weighted by Gasteiger charge is 2.33. The third kappa shape index (κ3) is 1.81. The van der Waals surface area contributed by atoms with E-state index in [1.165, 1.54) is 0 Å². The fraction of sp³-hybridized carbons (Fsp3) is 0.357. The van der Waals surface area contributed by atoms with Crippen LogP contribution in [0.25, 0.3) is 10.8 Å². The lowest BCUT2D eigenvalue weighted by molar-refractivity contribution is -0.0893. The number of aliphatic hydroxyl groups is 1. The maximum Gasteiger partial charge on any atom is 0.114 e. The summed E-state index contributed by atoms with van der Waals surface area (Å²) >= 11 is 0. The molecule has 1 saturated heterocycles. The van der Waals surface area contributed by atoms with Crippen molar-refractivity contribution in [2.45, 2.75) is 18.4 Å². The van der Waals surface area contributed by atoms with Crippen LogP contribution < -0.4 is 0 Å². The van der Waals surface area contributed by atoms with Crippen molar-refractivity contribution >= 4 is 10.8 Å². The third-order valence-electron chi connectivity index (χ3n) is 3.40. The molecule has 2 heterocycles. The molecular formula is C14H15NO2. The highest BCUT2D eigenvalue weighted by atomic mass is 16.5. The number of pyridine rings is 1. The van der Waals surface area contributed by atoms with Crippen LogP contribution in [0, 0.1) is 0 Å². The molecule has 0 saturated carbocycles. The van der Waals surface area contributed by atoms with Gasteiger partial charge in [0, 0.05) is 24.4 Å². The summed E-state index contributed by atoms with van der Waals surface area (Å²) in [6.45, 7) is 1.13. The molecule has 88 valence electrons. The zero-order chi connectivity index (χ0) is 11.7. The van der Waals surface area contributed by atoms with E-state index in [-0.39, 0.29) is 0 Å². The molecule has 3 rings (SSSR count). The number of rotatable bonds is 1. The summed E-state index contributed by atoms with van der Waals surface area (Å²) < 4.78 is 5.42. The van der Waals surface area contributed by atoms with Crippen LogP contribution in [0.15, 0.2) is 36.7 Å². The van der Waals surface area contributed by atoms with Crippen molar-refractivity contribution in [2.24, 2.45) is 0 Å². The lowest BCUT2D eigenvalue weighted by Gasteiger charge is -2.33. The van der Waals surface area contributed by atoms with Gasteiger partial charge >= 0.3 is 0 Å². The zero-order valence-electron chi connectivity index (χ0n) is 9.60. The van der Waals surface area contributed by atoms with Crippen molar-refractivity contribution in [1.82, 2.24) is 4.98 Å². The zero-order valence-corrected chi connectivity index (χ0v) is 9.60. The average molecular weight is 229 g/mol. The third-order valence-corrected chi connectivity index (χ3v) is 3.40. The smallest absolute Gasteiger partial charge is 0.114 e. The van der Waals surface area contributed by atoms with Crippen LogP contribution in [0.5, 0.6) is 0 Å². The Labute approximate surface area is 100 Å². The number of aromatic nitrogens is 1. The largest absolute Gasteiger partial charge is 0.383 e. The standard InChI is InChI=1S/C14H15NO2/c16-14(6-2-8-17-10-14)13-4-1-3-11-9-15-7-5-12(11)13/h1,3-5,7,9,16H,2,6,8,10H2. The van der Waals surface area contributed by atoms with Crippen molar-refractivity contribution in [2.75, 3.05) is 13.2 Å². The van der Waals surface area contributed by atoms with Gasteiger partial charge in [-0.2, -0.15) is 0 Å². The minimum Gasteiger partial charge on any atom is -0.383 e. The number of hydrogen-bond acceptors (Lipinski definition) is 3. The number of benzene rings is 1. The van der Waals surface area contributed by atoms with Crippen LogP contribution >= 0.6 is 0 Å². The fourth-order valence-corrected chi connectivity index (χ4v) is 2.52.